The maximum absolute atomic E-state index is 12.3. The van der Waals surface area contributed by atoms with Crippen LogP contribution in [0.1, 0.15) is 46.5 Å². The fourth-order valence-electron chi connectivity index (χ4n) is 2.33. The molecular formula is C13H24N2OS. The molecule has 0 saturated carbocycles. The zero-order chi connectivity index (χ0) is 13.1. The summed E-state index contributed by atoms with van der Waals surface area (Å²) in [7, 11) is 0. The van der Waals surface area contributed by atoms with Gasteiger partial charge in [-0.15, -0.1) is 0 Å². The van der Waals surface area contributed by atoms with E-state index in [1.807, 2.05) is 18.7 Å². The van der Waals surface area contributed by atoms with Gasteiger partial charge in [0.05, 0.1) is 10.4 Å². The quantitative estimate of drug-likeness (QED) is 0.785. The number of nitrogens with two attached hydrogens (primary N) is 1. The first-order chi connectivity index (χ1) is 7.89. The summed E-state index contributed by atoms with van der Waals surface area (Å²) in [5, 5.41) is 0. The second-order valence-electron chi connectivity index (χ2n) is 5.51. The van der Waals surface area contributed by atoms with Gasteiger partial charge in [-0.1, -0.05) is 32.0 Å². The van der Waals surface area contributed by atoms with Crippen molar-refractivity contribution >= 4 is 23.1 Å². The third kappa shape index (κ3) is 3.41. The summed E-state index contributed by atoms with van der Waals surface area (Å²) < 4.78 is 0. The van der Waals surface area contributed by atoms with E-state index < -0.39 is 5.41 Å². The first kappa shape index (κ1) is 14.4. The Labute approximate surface area is 110 Å². The Kier molecular flexibility index (Phi) is 4.92. The topological polar surface area (TPSA) is 46.3 Å². The summed E-state index contributed by atoms with van der Waals surface area (Å²) in [6.45, 7) is 7.56. The predicted molar refractivity (Wildman–Crippen MR) is 74.8 cm³/mol. The molecule has 3 nitrogen and oxygen atoms in total. The lowest BCUT2D eigenvalue weighted by molar-refractivity contribution is -0.138. The molecule has 1 fully saturated rings. The van der Waals surface area contributed by atoms with Crippen LogP contribution in [0.25, 0.3) is 0 Å². The van der Waals surface area contributed by atoms with Gasteiger partial charge in [-0.25, -0.2) is 0 Å². The summed E-state index contributed by atoms with van der Waals surface area (Å²) in [5.41, 5.74) is 4.94. The molecule has 17 heavy (non-hydrogen) atoms. The number of thiocarbonyl (C=S) groups is 1. The lowest BCUT2D eigenvalue weighted by Gasteiger charge is -2.36. The maximum Gasteiger partial charge on any atom is 0.235 e. The van der Waals surface area contributed by atoms with Crippen LogP contribution in [0, 0.1) is 11.3 Å². The highest BCUT2D eigenvalue weighted by Gasteiger charge is 2.36. The number of nitrogens with zero attached hydrogens (tertiary/aromatic N) is 1. The van der Waals surface area contributed by atoms with Gasteiger partial charge in [0.15, 0.2) is 0 Å². The summed E-state index contributed by atoms with van der Waals surface area (Å²) in [6, 6.07) is 0. The Morgan fingerprint density at radius 2 is 1.94 bits per heavy atom. The van der Waals surface area contributed by atoms with E-state index in [1.54, 1.807) is 0 Å². The number of hydrogen-bond acceptors (Lipinski definition) is 2. The highest BCUT2D eigenvalue weighted by atomic mass is 32.1. The molecule has 1 aliphatic heterocycles. The van der Waals surface area contributed by atoms with E-state index >= 15 is 0 Å². The van der Waals surface area contributed by atoms with Crippen LogP contribution in [0.5, 0.6) is 0 Å². The van der Waals surface area contributed by atoms with Crippen molar-refractivity contribution in [3.63, 3.8) is 0 Å². The Hall–Kier alpha value is -0.640. The second-order valence-corrected chi connectivity index (χ2v) is 5.95. The minimum atomic E-state index is -0.701. The van der Waals surface area contributed by atoms with E-state index in [2.05, 4.69) is 6.92 Å². The molecule has 0 bridgehead atoms. The number of rotatable bonds is 4. The number of amides is 1. The average Bonchev–Trinajstić information content (AvgIpc) is 2.29. The molecule has 0 aromatic heterocycles. The fourth-order valence-corrected chi connectivity index (χ4v) is 2.42. The molecule has 0 unspecified atom stereocenters. The summed E-state index contributed by atoms with van der Waals surface area (Å²) in [6.07, 6.45) is 4.75. The van der Waals surface area contributed by atoms with E-state index in [0.29, 0.717) is 0 Å². The third-order valence-electron chi connectivity index (χ3n) is 3.75. The first-order valence-electron chi connectivity index (χ1n) is 6.48. The summed E-state index contributed by atoms with van der Waals surface area (Å²) in [5.74, 6) is 0.872. The van der Waals surface area contributed by atoms with Crippen molar-refractivity contribution in [3.8, 4) is 0 Å². The van der Waals surface area contributed by atoms with Crippen LogP contribution in [-0.2, 0) is 4.79 Å². The van der Waals surface area contributed by atoms with E-state index in [4.69, 9.17) is 18.0 Å². The minimum Gasteiger partial charge on any atom is -0.392 e. The molecule has 98 valence electrons. The highest BCUT2D eigenvalue weighted by molar-refractivity contribution is 7.80. The first-order valence-corrected chi connectivity index (χ1v) is 6.89. The zero-order valence-corrected chi connectivity index (χ0v) is 12.0. The van der Waals surface area contributed by atoms with E-state index in [-0.39, 0.29) is 10.9 Å². The molecule has 0 spiro atoms. The van der Waals surface area contributed by atoms with Gasteiger partial charge in [-0.05, 0) is 32.6 Å². The Morgan fingerprint density at radius 1 is 1.41 bits per heavy atom. The molecular weight excluding hydrogens is 232 g/mol. The van der Waals surface area contributed by atoms with Crippen LogP contribution in [0.15, 0.2) is 0 Å². The predicted octanol–water partition coefficient (Wildman–Crippen LogP) is 2.34. The minimum absolute atomic E-state index is 0.0833. The molecule has 0 aromatic carbocycles. The number of likely N-dealkylation sites (tertiary alicyclic amines) is 1. The normalized spacial score (nSPS) is 18.2. The van der Waals surface area contributed by atoms with Gasteiger partial charge in [0.25, 0.3) is 0 Å². The number of carbonyl (C=O) groups excluding carboxylic acids is 1. The van der Waals surface area contributed by atoms with Crippen molar-refractivity contribution in [3.05, 3.63) is 0 Å². The number of piperidine rings is 1. The Morgan fingerprint density at radius 3 is 2.35 bits per heavy atom. The fraction of sp³-hybridized carbons (Fsp3) is 0.846. The van der Waals surface area contributed by atoms with Crippen molar-refractivity contribution in [2.24, 2.45) is 17.1 Å². The van der Waals surface area contributed by atoms with Crippen LogP contribution < -0.4 is 5.73 Å². The van der Waals surface area contributed by atoms with Crippen molar-refractivity contribution in [2.45, 2.75) is 46.5 Å². The average molecular weight is 256 g/mol. The molecule has 1 heterocycles. The maximum atomic E-state index is 12.3. The van der Waals surface area contributed by atoms with Crippen LogP contribution in [-0.4, -0.2) is 28.9 Å². The van der Waals surface area contributed by atoms with E-state index in [0.717, 1.165) is 31.8 Å². The molecule has 4 heteroatoms. The van der Waals surface area contributed by atoms with E-state index in [9.17, 15) is 4.79 Å². The molecule has 1 amide bonds. The second kappa shape index (κ2) is 5.80. The van der Waals surface area contributed by atoms with Crippen molar-refractivity contribution < 1.29 is 4.79 Å². The lowest BCUT2D eigenvalue weighted by Crippen LogP contribution is -2.49. The van der Waals surface area contributed by atoms with Crippen molar-refractivity contribution in [1.82, 2.24) is 4.90 Å². The summed E-state index contributed by atoms with van der Waals surface area (Å²) >= 11 is 4.97. The van der Waals surface area contributed by atoms with E-state index in [1.165, 1.54) is 12.8 Å². The standard InChI is InChI=1S/C13H24N2OS/c1-4-5-10-6-8-15(9-7-10)12(16)13(2,3)11(14)17/h10H,4-9H2,1-3H3,(H2,14,17). The molecule has 0 aromatic rings. The molecule has 1 saturated heterocycles. The Balaban J connectivity index is 2.54. The van der Waals surface area contributed by atoms with Crippen LogP contribution in [0.4, 0.5) is 0 Å². The van der Waals surface area contributed by atoms with Crippen LogP contribution in [0.2, 0.25) is 0 Å². The van der Waals surface area contributed by atoms with Crippen LogP contribution in [0.3, 0.4) is 0 Å². The molecule has 1 rings (SSSR count). The molecule has 0 radical (unpaired) electrons. The molecule has 2 N–H and O–H groups in total. The smallest absolute Gasteiger partial charge is 0.235 e. The van der Waals surface area contributed by atoms with Crippen molar-refractivity contribution in [2.75, 3.05) is 13.1 Å². The van der Waals surface area contributed by atoms with Crippen LogP contribution >= 0.6 is 12.2 Å². The third-order valence-corrected chi connectivity index (χ3v) is 4.26. The van der Waals surface area contributed by atoms with Crippen molar-refractivity contribution in [1.29, 1.82) is 0 Å². The lowest BCUT2D eigenvalue weighted by atomic mass is 9.88. The van der Waals surface area contributed by atoms with Gasteiger partial charge in [0.1, 0.15) is 0 Å². The SMILES string of the molecule is CCCC1CCN(C(=O)C(C)(C)C(N)=S)CC1. The number of carbonyl (C=O) groups is 1. The Bertz CT molecular complexity index is 294. The zero-order valence-electron chi connectivity index (χ0n) is 11.2. The van der Waals surface area contributed by atoms with Gasteiger partial charge in [0.2, 0.25) is 5.91 Å². The molecule has 1 aliphatic rings. The molecule has 0 atom stereocenters. The van der Waals surface area contributed by atoms with Gasteiger partial charge in [-0.3, -0.25) is 4.79 Å². The molecule has 0 aliphatic carbocycles. The largest absolute Gasteiger partial charge is 0.392 e. The highest BCUT2D eigenvalue weighted by Crippen LogP contribution is 2.26. The van der Waals surface area contributed by atoms with Gasteiger partial charge >= 0.3 is 0 Å². The monoisotopic (exact) mass is 256 g/mol. The van der Waals surface area contributed by atoms with Gasteiger partial charge in [0, 0.05) is 13.1 Å². The van der Waals surface area contributed by atoms with Gasteiger partial charge in [-0.2, -0.15) is 0 Å². The summed E-state index contributed by atoms with van der Waals surface area (Å²) in [4.78, 5) is 14.5. The van der Waals surface area contributed by atoms with Gasteiger partial charge < -0.3 is 10.6 Å². The number of hydrogen-bond donors (Lipinski definition) is 1.